The first-order valence-corrected chi connectivity index (χ1v) is 5.67. The van der Waals surface area contributed by atoms with Crippen LogP contribution in [0.15, 0.2) is 30.5 Å². The Kier molecular flexibility index (Phi) is 3.03. The van der Waals surface area contributed by atoms with Crippen LogP contribution >= 0.6 is 0 Å². The molecule has 1 N–H and O–H groups in total. The van der Waals surface area contributed by atoms with Crippen LogP contribution in [-0.2, 0) is 6.61 Å². The third kappa shape index (κ3) is 2.74. The normalized spacial score (nSPS) is 11.8. The summed E-state index contributed by atoms with van der Waals surface area (Å²) in [6, 6.07) is 7.57. The van der Waals surface area contributed by atoms with Crippen LogP contribution in [0.2, 0.25) is 0 Å². The standard InChI is InChI=1S/C14H17NO2/c1-14(2,3)17-13-6-7-15-12-8-10(9-16)4-5-11(12)13/h4-8,16H,9H2,1-3H3. The van der Waals surface area contributed by atoms with Crippen molar-refractivity contribution in [1.29, 1.82) is 0 Å². The molecule has 2 rings (SSSR count). The van der Waals surface area contributed by atoms with Gasteiger partial charge in [-0.15, -0.1) is 0 Å². The average Bonchev–Trinajstić information content (AvgIpc) is 2.26. The first-order valence-electron chi connectivity index (χ1n) is 5.67. The molecule has 0 spiro atoms. The number of ether oxygens (including phenoxy) is 1. The van der Waals surface area contributed by atoms with Crippen LogP contribution in [0.3, 0.4) is 0 Å². The number of aromatic nitrogens is 1. The molecule has 1 heterocycles. The summed E-state index contributed by atoms with van der Waals surface area (Å²) >= 11 is 0. The maximum absolute atomic E-state index is 9.09. The molecule has 0 atom stereocenters. The Balaban J connectivity index is 2.51. The van der Waals surface area contributed by atoms with Crippen LogP contribution in [0.25, 0.3) is 10.9 Å². The molecular formula is C14H17NO2. The van der Waals surface area contributed by atoms with Crippen molar-refractivity contribution >= 4 is 10.9 Å². The summed E-state index contributed by atoms with van der Waals surface area (Å²) in [6.07, 6.45) is 1.73. The quantitative estimate of drug-likeness (QED) is 0.864. The van der Waals surface area contributed by atoms with Gasteiger partial charge in [0.15, 0.2) is 0 Å². The molecule has 0 aliphatic heterocycles. The van der Waals surface area contributed by atoms with Gasteiger partial charge in [-0.25, -0.2) is 0 Å². The van der Waals surface area contributed by atoms with Gasteiger partial charge in [0.1, 0.15) is 11.4 Å². The Hall–Kier alpha value is -1.61. The van der Waals surface area contributed by atoms with E-state index in [1.54, 1.807) is 6.20 Å². The van der Waals surface area contributed by atoms with Crippen molar-refractivity contribution in [2.75, 3.05) is 0 Å². The smallest absolute Gasteiger partial charge is 0.131 e. The van der Waals surface area contributed by atoms with Gasteiger partial charge >= 0.3 is 0 Å². The molecule has 3 heteroatoms. The van der Waals surface area contributed by atoms with E-state index in [1.165, 1.54) is 0 Å². The summed E-state index contributed by atoms with van der Waals surface area (Å²) in [5.74, 6) is 0.826. The third-order valence-corrected chi connectivity index (χ3v) is 2.37. The second-order valence-electron chi connectivity index (χ2n) is 5.03. The van der Waals surface area contributed by atoms with E-state index < -0.39 is 0 Å². The van der Waals surface area contributed by atoms with E-state index in [4.69, 9.17) is 9.84 Å². The highest BCUT2D eigenvalue weighted by molar-refractivity contribution is 5.85. The molecule has 0 saturated carbocycles. The van der Waals surface area contributed by atoms with Crippen molar-refractivity contribution in [3.8, 4) is 5.75 Å². The van der Waals surface area contributed by atoms with Gasteiger partial charge in [-0.3, -0.25) is 4.98 Å². The predicted molar refractivity (Wildman–Crippen MR) is 68.0 cm³/mol. The fourth-order valence-corrected chi connectivity index (χ4v) is 1.68. The second kappa shape index (κ2) is 4.34. The molecule has 0 fully saturated rings. The average molecular weight is 231 g/mol. The maximum atomic E-state index is 9.09. The highest BCUT2D eigenvalue weighted by Gasteiger charge is 2.14. The van der Waals surface area contributed by atoms with Crippen molar-refractivity contribution < 1.29 is 9.84 Å². The van der Waals surface area contributed by atoms with E-state index in [9.17, 15) is 0 Å². The van der Waals surface area contributed by atoms with Crippen LogP contribution < -0.4 is 4.74 Å². The molecule has 0 saturated heterocycles. The van der Waals surface area contributed by atoms with Gasteiger partial charge in [0, 0.05) is 11.6 Å². The monoisotopic (exact) mass is 231 g/mol. The lowest BCUT2D eigenvalue weighted by Crippen LogP contribution is -2.23. The van der Waals surface area contributed by atoms with Crippen LogP contribution in [0.5, 0.6) is 5.75 Å². The third-order valence-electron chi connectivity index (χ3n) is 2.37. The highest BCUT2D eigenvalue weighted by Crippen LogP contribution is 2.27. The Morgan fingerprint density at radius 3 is 2.65 bits per heavy atom. The molecule has 0 amide bonds. The molecule has 3 nitrogen and oxygen atoms in total. The number of aliphatic hydroxyl groups is 1. The molecular weight excluding hydrogens is 214 g/mol. The Labute approximate surface area is 101 Å². The zero-order valence-corrected chi connectivity index (χ0v) is 10.4. The number of aliphatic hydroxyl groups excluding tert-OH is 1. The number of rotatable bonds is 2. The van der Waals surface area contributed by atoms with Gasteiger partial charge in [0.25, 0.3) is 0 Å². The lowest BCUT2D eigenvalue weighted by atomic mass is 10.1. The minimum atomic E-state index is -0.232. The van der Waals surface area contributed by atoms with Gasteiger partial charge < -0.3 is 9.84 Å². The van der Waals surface area contributed by atoms with E-state index >= 15 is 0 Å². The van der Waals surface area contributed by atoms with Gasteiger partial charge in [-0.1, -0.05) is 6.07 Å². The van der Waals surface area contributed by atoms with Gasteiger partial charge in [-0.2, -0.15) is 0 Å². The topological polar surface area (TPSA) is 42.4 Å². The van der Waals surface area contributed by atoms with Gasteiger partial charge in [0.05, 0.1) is 12.1 Å². The van der Waals surface area contributed by atoms with Crippen molar-refractivity contribution in [2.45, 2.75) is 33.0 Å². The van der Waals surface area contributed by atoms with Crippen molar-refractivity contribution in [2.24, 2.45) is 0 Å². The van der Waals surface area contributed by atoms with E-state index in [-0.39, 0.29) is 12.2 Å². The first kappa shape index (κ1) is 11.9. The highest BCUT2D eigenvalue weighted by atomic mass is 16.5. The Bertz CT molecular complexity index is 529. The number of pyridine rings is 1. The lowest BCUT2D eigenvalue weighted by molar-refractivity contribution is 0.133. The summed E-state index contributed by atoms with van der Waals surface area (Å²) < 4.78 is 5.89. The second-order valence-corrected chi connectivity index (χ2v) is 5.03. The van der Waals surface area contributed by atoms with Crippen molar-refractivity contribution in [1.82, 2.24) is 4.98 Å². The van der Waals surface area contributed by atoms with Crippen molar-refractivity contribution in [3.05, 3.63) is 36.0 Å². The zero-order valence-electron chi connectivity index (χ0n) is 10.4. The molecule has 1 aromatic heterocycles. The molecule has 17 heavy (non-hydrogen) atoms. The fraction of sp³-hybridized carbons (Fsp3) is 0.357. The molecule has 2 aromatic rings. The molecule has 0 bridgehead atoms. The number of fused-ring (bicyclic) bond motifs is 1. The summed E-state index contributed by atoms with van der Waals surface area (Å²) in [4.78, 5) is 4.29. The number of hydrogen-bond acceptors (Lipinski definition) is 3. The van der Waals surface area contributed by atoms with E-state index in [0.29, 0.717) is 0 Å². The predicted octanol–water partition coefficient (Wildman–Crippen LogP) is 2.90. The van der Waals surface area contributed by atoms with Gasteiger partial charge in [-0.05, 0) is 44.5 Å². The summed E-state index contributed by atoms with van der Waals surface area (Å²) in [5, 5.41) is 10.1. The number of hydrogen-bond donors (Lipinski definition) is 1. The van der Waals surface area contributed by atoms with Crippen LogP contribution in [-0.4, -0.2) is 15.7 Å². The largest absolute Gasteiger partial charge is 0.487 e. The van der Waals surface area contributed by atoms with Gasteiger partial charge in [0.2, 0.25) is 0 Å². The SMILES string of the molecule is CC(C)(C)Oc1ccnc2cc(CO)ccc12. The fourth-order valence-electron chi connectivity index (χ4n) is 1.68. The lowest BCUT2D eigenvalue weighted by Gasteiger charge is -2.22. The van der Waals surface area contributed by atoms with Crippen LogP contribution in [0.4, 0.5) is 0 Å². The molecule has 90 valence electrons. The molecule has 0 aliphatic carbocycles. The number of nitrogens with zero attached hydrogens (tertiary/aromatic N) is 1. The number of benzene rings is 1. The van der Waals surface area contributed by atoms with Crippen LogP contribution in [0.1, 0.15) is 26.3 Å². The maximum Gasteiger partial charge on any atom is 0.131 e. The summed E-state index contributed by atoms with van der Waals surface area (Å²) in [6.45, 7) is 6.08. The van der Waals surface area contributed by atoms with E-state index in [2.05, 4.69) is 4.98 Å². The Morgan fingerprint density at radius 2 is 2.00 bits per heavy atom. The molecule has 1 aromatic carbocycles. The molecule has 0 aliphatic rings. The summed E-state index contributed by atoms with van der Waals surface area (Å²) in [5.41, 5.74) is 1.47. The minimum Gasteiger partial charge on any atom is -0.487 e. The summed E-state index contributed by atoms with van der Waals surface area (Å²) in [7, 11) is 0. The molecule has 0 unspecified atom stereocenters. The zero-order chi connectivity index (χ0) is 12.5. The van der Waals surface area contributed by atoms with E-state index in [1.807, 2.05) is 45.0 Å². The van der Waals surface area contributed by atoms with E-state index in [0.717, 1.165) is 22.2 Å². The molecule has 0 radical (unpaired) electrons. The van der Waals surface area contributed by atoms with Crippen LogP contribution in [0, 0.1) is 0 Å². The Morgan fingerprint density at radius 1 is 1.24 bits per heavy atom. The van der Waals surface area contributed by atoms with Crippen molar-refractivity contribution in [3.63, 3.8) is 0 Å². The minimum absolute atomic E-state index is 0.0297. The first-order chi connectivity index (χ1) is 7.99.